The molecule has 0 aromatic heterocycles. The maximum Gasteiger partial charge on any atom is 0.312 e. The normalized spacial score (nSPS) is 29.8. The molecule has 2 aromatic carbocycles. The summed E-state index contributed by atoms with van der Waals surface area (Å²) in [5, 5.41) is 21.1. The quantitative estimate of drug-likeness (QED) is 0.113. The van der Waals surface area contributed by atoms with Gasteiger partial charge in [0.05, 0.1) is 50.5 Å². The van der Waals surface area contributed by atoms with E-state index < -0.39 is 23.0 Å². The summed E-state index contributed by atoms with van der Waals surface area (Å²) in [4.78, 5) is 27.3. The average molecular weight is 819 g/mol. The number of esters is 2. The van der Waals surface area contributed by atoms with Gasteiger partial charge in [0, 0.05) is 0 Å². The number of carbonyl (C=O) groups is 2. The molecule has 9 nitrogen and oxygen atoms in total. The molecule has 4 aliphatic carbocycles. The number of ether oxygens (including phenoxy) is 5. The minimum Gasteiger partial charge on any atom is -0.462 e. The highest BCUT2D eigenvalue weighted by Gasteiger charge is 2.57. The number of aryl methyl sites for hydroxylation is 2. The van der Waals surface area contributed by atoms with Crippen LogP contribution in [0, 0.1) is 22.7 Å². The van der Waals surface area contributed by atoms with Gasteiger partial charge in [-0.2, -0.15) is 0 Å². The fourth-order valence-electron chi connectivity index (χ4n) is 11.8. The summed E-state index contributed by atoms with van der Waals surface area (Å²) in [5.74, 6) is 0.898. The summed E-state index contributed by atoms with van der Waals surface area (Å²) in [5.41, 5.74) is 7.00. The van der Waals surface area contributed by atoms with Gasteiger partial charge in [-0.05, 0) is 133 Å². The van der Waals surface area contributed by atoms with Crippen molar-refractivity contribution in [3.8, 4) is 0 Å². The molecule has 0 saturated heterocycles. The first kappa shape index (κ1) is 45.7. The summed E-state index contributed by atoms with van der Waals surface area (Å²) in [6.07, 6.45) is 7.64. The van der Waals surface area contributed by atoms with Gasteiger partial charge >= 0.3 is 11.9 Å². The number of fused-ring (bicyclic) bond motifs is 6. The molecule has 4 aliphatic rings. The molecular weight excluding hydrogens is 745 g/mol. The van der Waals surface area contributed by atoms with Gasteiger partial charge in [0.1, 0.15) is 25.4 Å². The number of aliphatic hydroxyl groups is 2. The third-order valence-electron chi connectivity index (χ3n) is 15.2. The highest BCUT2D eigenvalue weighted by atomic mass is 16.6. The van der Waals surface area contributed by atoms with E-state index in [2.05, 4.69) is 91.8 Å². The van der Waals surface area contributed by atoms with E-state index in [1.807, 2.05) is 0 Å². The van der Waals surface area contributed by atoms with Gasteiger partial charge in [-0.25, -0.2) is 0 Å². The van der Waals surface area contributed by atoms with Gasteiger partial charge in [-0.1, -0.05) is 90.8 Å². The number of aliphatic hydroxyl groups excluding tert-OH is 2. The monoisotopic (exact) mass is 819 g/mol. The van der Waals surface area contributed by atoms with Gasteiger partial charge in [0.25, 0.3) is 0 Å². The lowest BCUT2D eigenvalue weighted by molar-refractivity contribution is -0.169. The highest BCUT2D eigenvalue weighted by Crippen LogP contribution is 2.59. The molecule has 0 aliphatic heterocycles. The Bertz CT molecular complexity index is 1630. The molecule has 2 saturated carbocycles. The number of rotatable bonds is 18. The second kappa shape index (κ2) is 19.1. The smallest absolute Gasteiger partial charge is 0.312 e. The van der Waals surface area contributed by atoms with Crippen molar-refractivity contribution in [2.75, 3.05) is 52.9 Å². The first-order valence-corrected chi connectivity index (χ1v) is 22.7. The Morgan fingerprint density at radius 1 is 0.593 bits per heavy atom. The Labute approximate surface area is 354 Å². The minimum atomic E-state index is -0.930. The zero-order chi connectivity index (χ0) is 42.6. The van der Waals surface area contributed by atoms with Gasteiger partial charge < -0.3 is 33.9 Å². The van der Waals surface area contributed by atoms with Crippen LogP contribution in [-0.2, 0) is 56.9 Å². The van der Waals surface area contributed by atoms with Gasteiger partial charge in [-0.3, -0.25) is 9.59 Å². The summed E-state index contributed by atoms with van der Waals surface area (Å²) >= 11 is 0. The van der Waals surface area contributed by atoms with Crippen LogP contribution in [0.5, 0.6) is 0 Å². The summed E-state index contributed by atoms with van der Waals surface area (Å²) < 4.78 is 28.3. The molecule has 0 radical (unpaired) electrons. The topological polar surface area (TPSA) is 121 Å². The van der Waals surface area contributed by atoms with Gasteiger partial charge in [0.2, 0.25) is 0 Å². The van der Waals surface area contributed by atoms with Crippen LogP contribution in [0.3, 0.4) is 0 Å². The van der Waals surface area contributed by atoms with Crippen molar-refractivity contribution >= 4 is 11.9 Å². The van der Waals surface area contributed by atoms with Crippen LogP contribution in [0.25, 0.3) is 0 Å². The lowest BCUT2D eigenvalue weighted by atomic mass is 9.49. The van der Waals surface area contributed by atoms with Crippen LogP contribution in [-0.4, -0.2) is 87.2 Å². The van der Waals surface area contributed by atoms with E-state index in [0.717, 1.165) is 64.2 Å². The van der Waals surface area contributed by atoms with Crippen LogP contribution in [0.2, 0.25) is 0 Å². The molecule has 9 heteroatoms. The van der Waals surface area contributed by atoms with Crippen LogP contribution in [0.1, 0.15) is 152 Å². The Morgan fingerprint density at radius 3 is 1.37 bits per heavy atom. The Hall–Kier alpha value is -2.82. The van der Waals surface area contributed by atoms with E-state index in [0.29, 0.717) is 25.0 Å². The van der Waals surface area contributed by atoms with Crippen molar-refractivity contribution in [3.05, 3.63) is 69.8 Å². The van der Waals surface area contributed by atoms with E-state index in [9.17, 15) is 19.8 Å². The van der Waals surface area contributed by atoms with Crippen molar-refractivity contribution in [1.82, 2.24) is 0 Å². The number of hydrogen-bond donors (Lipinski definition) is 2. The number of carbonyl (C=O) groups excluding carboxylic acids is 2. The molecule has 2 fully saturated rings. The van der Waals surface area contributed by atoms with Crippen molar-refractivity contribution in [3.63, 3.8) is 0 Å². The summed E-state index contributed by atoms with van der Waals surface area (Å²) in [6, 6.07) is 13.9. The molecule has 0 spiro atoms. The molecule has 0 bridgehead atoms. The molecule has 8 unspecified atom stereocenters. The second-order valence-electron chi connectivity index (χ2n) is 20.0. The first-order valence-electron chi connectivity index (χ1n) is 22.7. The van der Waals surface area contributed by atoms with Crippen LogP contribution in [0.4, 0.5) is 0 Å². The standard InChI is InChI=1S/C50H74O9/c1-33(2)35-11-15-41-37(27-35)13-17-43-47(41,5)19-9-21-49(43,7)45(53)58-31-39(51)29-56-25-23-55-24-26-57-30-40(52)32-59-46(54)50(8)22-10-20-48(6)42-16-12-36(34(3)4)28-38(42)14-18-44(48)50/h11-12,15-16,27-28,33-34,39-40,43-44,51-52H,9-10,13-14,17-26,29-32H2,1-8H3. The highest BCUT2D eigenvalue weighted by molar-refractivity contribution is 5.78. The summed E-state index contributed by atoms with van der Waals surface area (Å²) in [6.45, 7) is 18.7. The third kappa shape index (κ3) is 9.65. The van der Waals surface area contributed by atoms with E-state index in [1.54, 1.807) is 0 Å². The Balaban J connectivity index is 0.834. The largest absolute Gasteiger partial charge is 0.462 e. The average Bonchev–Trinajstić information content (AvgIpc) is 3.20. The number of hydrogen-bond acceptors (Lipinski definition) is 9. The molecule has 8 atom stereocenters. The third-order valence-corrected chi connectivity index (χ3v) is 15.2. The van der Waals surface area contributed by atoms with E-state index in [1.165, 1.54) is 33.4 Å². The van der Waals surface area contributed by atoms with Gasteiger partial charge in [0.15, 0.2) is 0 Å². The maximum absolute atomic E-state index is 13.6. The molecule has 328 valence electrons. The number of benzene rings is 2. The molecular formula is C50H74O9. The minimum absolute atomic E-state index is 0.0347. The van der Waals surface area contributed by atoms with E-state index in [4.69, 9.17) is 23.7 Å². The fourth-order valence-corrected chi connectivity index (χ4v) is 11.8. The van der Waals surface area contributed by atoms with Crippen LogP contribution >= 0.6 is 0 Å². The predicted molar refractivity (Wildman–Crippen MR) is 230 cm³/mol. The zero-order valence-electron chi connectivity index (χ0n) is 37.4. The van der Waals surface area contributed by atoms with Crippen molar-refractivity contribution in [2.45, 2.75) is 154 Å². The van der Waals surface area contributed by atoms with E-state index in [-0.39, 0.29) is 74.2 Å². The van der Waals surface area contributed by atoms with E-state index >= 15 is 0 Å². The van der Waals surface area contributed by atoms with Gasteiger partial charge in [-0.15, -0.1) is 0 Å². The van der Waals surface area contributed by atoms with Crippen LogP contribution in [0.15, 0.2) is 36.4 Å². The summed E-state index contributed by atoms with van der Waals surface area (Å²) in [7, 11) is 0. The molecule has 2 aromatic rings. The molecule has 0 heterocycles. The second-order valence-corrected chi connectivity index (χ2v) is 20.0. The molecule has 2 N–H and O–H groups in total. The van der Waals surface area contributed by atoms with Crippen molar-refractivity contribution in [1.29, 1.82) is 0 Å². The lowest BCUT2D eigenvalue weighted by Crippen LogP contribution is -2.53. The van der Waals surface area contributed by atoms with Crippen molar-refractivity contribution < 1.29 is 43.5 Å². The maximum atomic E-state index is 13.6. The first-order chi connectivity index (χ1) is 28.0. The SMILES string of the molecule is CC(C)c1ccc2c(c1)CCC1C(C)(C(=O)OCC(O)COCCOCCOCC(O)COC(=O)C3(C)CCCC4(C)c5ccc(C(C)C)cc5CCC34)CCCC21C. The molecule has 6 rings (SSSR count). The zero-order valence-corrected chi connectivity index (χ0v) is 37.4. The Morgan fingerprint density at radius 2 is 0.983 bits per heavy atom. The lowest BCUT2D eigenvalue weighted by Gasteiger charge is -2.54. The fraction of sp³-hybridized carbons (Fsp3) is 0.720. The molecule has 0 amide bonds. The molecule has 59 heavy (non-hydrogen) atoms. The predicted octanol–water partition coefficient (Wildman–Crippen LogP) is 8.51. The van der Waals surface area contributed by atoms with Crippen molar-refractivity contribution in [2.24, 2.45) is 22.7 Å². The Kier molecular flexibility index (Phi) is 14.8. The van der Waals surface area contributed by atoms with Crippen LogP contribution < -0.4 is 0 Å².